The Hall–Kier alpha value is -1.10. The van der Waals surface area contributed by atoms with Crippen LogP contribution in [0.1, 0.15) is 18.9 Å². The first-order valence-electron chi connectivity index (χ1n) is 5.09. The summed E-state index contributed by atoms with van der Waals surface area (Å²) in [6.07, 6.45) is 2.34. The van der Waals surface area contributed by atoms with Gasteiger partial charge in [-0.25, -0.2) is 4.98 Å². The molecule has 0 aromatic carbocycles. The van der Waals surface area contributed by atoms with E-state index in [-0.39, 0.29) is 11.9 Å². The highest BCUT2D eigenvalue weighted by Gasteiger charge is 2.12. The van der Waals surface area contributed by atoms with Gasteiger partial charge in [0.1, 0.15) is 5.82 Å². The second kappa shape index (κ2) is 5.30. The zero-order valence-electron chi connectivity index (χ0n) is 9.79. The lowest BCUT2D eigenvalue weighted by molar-refractivity contribution is 0.699. The summed E-state index contributed by atoms with van der Waals surface area (Å²) in [5, 5.41) is 7.28. The second-order valence-electron chi connectivity index (χ2n) is 3.98. The molecule has 1 unspecified atom stereocenters. The first-order chi connectivity index (χ1) is 7.41. The molecule has 4 nitrogen and oxygen atoms in total. The lowest BCUT2D eigenvalue weighted by Gasteiger charge is -2.25. The van der Waals surface area contributed by atoms with Crippen LogP contribution in [-0.4, -0.2) is 23.9 Å². The molecule has 0 amide bonds. The van der Waals surface area contributed by atoms with Crippen molar-refractivity contribution in [3.63, 3.8) is 0 Å². The maximum Gasteiger partial charge on any atom is 0.128 e. The van der Waals surface area contributed by atoms with Crippen molar-refractivity contribution in [2.75, 3.05) is 11.9 Å². The summed E-state index contributed by atoms with van der Waals surface area (Å²) in [5.41, 5.74) is 6.54. The monoisotopic (exact) mass is 284 g/mol. The Labute approximate surface area is 104 Å². The van der Waals surface area contributed by atoms with Crippen LogP contribution in [0.25, 0.3) is 0 Å². The molecule has 0 radical (unpaired) electrons. The van der Waals surface area contributed by atoms with E-state index >= 15 is 0 Å². The second-order valence-corrected chi connectivity index (χ2v) is 4.84. The van der Waals surface area contributed by atoms with E-state index in [1.165, 1.54) is 0 Å². The van der Waals surface area contributed by atoms with Crippen molar-refractivity contribution in [3.8, 4) is 0 Å². The normalized spacial score (nSPS) is 12.2. The number of hydrogen-bond donors (Lipinski definition) is 2. The van der Waals surface area contributed by atoms with Gasteiger partial charge in [-0.05, 0) is 41.4 Å². The molecule has 1 heterocycles. The number of pyridine rings is 1. The highest BCUT2D eigenvalue weighted by molar-refractivity contribution is 9.10. The summed E-state index contributed by atoms with van der Waals surface area (Å²) in [4.78, 5) is 6.36. The van der Waals surface area contributed by atoms with E-state index in [4.69, 9.17) is 11.1 Å². The van der Waals surface area contributed by atoms with E-state index in [0.29, 0.717) is 6.42 Å². The fraction of sp³-hybridized carbons (Fsp3) is 0.455. The van der Waals surface area contributed by atoms with Crippen LogP contribution < -0.4 is 10.6 Å². The lowest BCUT2D eigenvalue weighted by atomic mass is 10.2. The zero-order valence-corrected chi connectivity index (χ0v) is 11.4. The zero-order chi connectivity index (χ0) is 12.3. The predicted molar refractivity (Wildman–Crippen MR) is 71.1 cm³/mol. The maximum absolute atomic E-state index is 7.28. The summed E-state index contributed by atoms with van der Waals surface area (Å²) in [6.45, 7) is 4.05. The number of amidine groups is 1. The van der Waals surface area contributed by atoms with E-state index in [9.17, 15) is 0 Å². The largest absolute Gasteiger partial charge is 0.388 e. The number of anilines is 1. The highest BCUT2D eigenvalue weighted by atomic mass is 79.9. The van der Waals surface area contributed by atoms with Gasteiger partial charge < -0.3 is 10.6 Å². The third-order valence-electron chi connectivity index (χ3n) is 2.57. The molecule has 1 atom stereocenters. The fourth-order valence-corrected chi connectivity index (χ4v) is 1.62. The van der Waals surface area contributed by atoms with Gasteiger partial charge in [0.15, 0.2) is 0 Å². The van der Waals surface area contributed by atoms with E-state index in [2.05, 4.69) is 20.9 Å². The number of rotatable bonds is 4. The van der Waals surface area contributed by atoms with Crippen molar-refractivity contribution < 1.29 is 0 Å². The number of halogens is 1. The molecule has 0 aliphatic carbocycles. The average molecular weight is 285 g/mol. The molecule has 16 heavy (non-hydrogen) atoms. The van der Waals surface area contributed by atoms with Gasteiger partial charge in [0.05, 0.1) is 5.84 Å². The minimum Gasteiger partial charge on any atom is -0.388 e. The van der Waals surface area contributed by atoms with Crippen LogP contribution in [0, 0.1) is 12.3 Å². The van der Waals surface area contributed by atoms with Crippen LogP contribution in [0.4, 0.5) is 5.82 Å². The van der Waals surface area contributed by atoms with Crippen LogP contribution in [0.5, 0.6) is 0 Å². The summed E-state index contributed by atoms with van der Waals surface area (Å²) < 4.78 is 1.00. The molecular formula is C11H17BrN4. The minimum atomic E-state index is 0.172. The van der Waals surface area contributed by atoms with Crippen molar-refractivity contribution in [1.82, 2.24) is 4.98 Å². The van der Waals surface area contributed by atoms with Gasteiger partial charge in [-0.1, -0.05) is 0 Å². The quantitative estimate of drug-likeness (QED) is 0.659. The van der Waals surface area contributed by atoms with Crippen molar-refractivity contribution >= 4 is 27.6 Å². The van der Waals surface area contributed by atoms with E-state index < -0.39 is 0 Å². The van der Waals surface area contributed by atoms with Crippen molar-refractivity contribution in [3.05, 3.63) is 22.3 Å². The van der Waals surface area contributed by atoms with Gasteiger partial charge in [0, 0.05) is 30.2 Å². The molecule has 1 aromatic heterocycles. The predicted octanol–water partition coefficient (Wildman–Crippen LogP) is 2.30. The fourth-order valence-electron chi connectivity index (χ4n) is 1.40. The van der Waals surface area contributed by atoms with Gasteiger partial charge in [0.2, 0.25) is 0 Å². The smallest absolute Gasteiger partial charge is 0.128 e. The number of hydrogen-bond acceptors (Lipinski definition) is 3. The summed E-state index contributed by atoms with van der Waals surface area (Å²) >= 11 is 3.42. The molecule has 0 aliphatic heterocycles. The Bertz CT molecular complexity index is 392. The van der Waals surface area contributed by atoms with Gasteiger partial charge >= 0.3 is 0 Å². The number of aryl methyl sites for hydroxylation is 1. The average Bonchev–Trinajstić information content (AvgIpc) is 2.20. The Morgan fingerprint density at radius 2 is 2.31 bits per heavy atom. The molecule has 1 aromatic rings. The number of nitrogens with zero attached hydrogens (tertiary/aromatic N) is 2. The molecule has 0 fully saturated rings. The van der Waals surface area contributed by atoms with Gasteiger partial charge in [-0.2, -0.15) is 0 Å². The third kappa shape index (κ3) is 3.20. The van der Waals surface area contributed by atoms with Gasteiger partial charge in [-0.15, -0.1) is 0 Å². The molecule has 3 N–H and O–H groups in total. The molecule has 5 heteroatoms. The maximum atomic E-state index is 7.28. The molecule has 0 saturated heterocycles. The molecule has 0 spiro atoms. The molecular weight excluding hydrogens is 268 g/mol. The van der Waals surface area contributed by atoms with E-state index in [1.54, 1.807) is 6.20 Å². The Kier molecular flexibility index (Phi) is 4.29. The summed E-state index contributed by atoms with van der Waals surface area (Å²) in [6, 6.07) is 2.19. The lowest BCUT2D eigenvalue weighted by Crippen LogP contribution is -2.33. The minimum absolute atomic E-state index is 0.172. The van der Waals surface area contributed by atoms with E-state index in [1.807, 2.05) is 31.9 Å². The molecule has 1 rings (SSSR count). The Morgan fingerprint density at radius 3 is 2.81 bits per heavy atom. The standard InChI is InChI=1S/C11H17BrN4/c1-7-4-11(15-6-9(7)12)16(3)8(2)5-10(13)14/h4,6,8H,5H2,1-3H3,(H3,13,14). The molecule has 0 bridgehead atoms. The van der Waals surface area contributed by atoms with Crippen molar-refractivity contribution in [2.45, 2.75) is 26.3 Å². The molecule has 88 valence electrons. The van der Waals surface area contributed by atoms with Crippen LogP contribution >= 0.6 is 15.9 Å². The first kappa shape index (κ1) is 13.0. The van der Waals surface area contributed by atoms with Crippen LogP contribution in [0.3, 0.4) is 0 Å². The van der Waals surface area contributed by atoms with Crippen LogP contribution in [0.2, 0.25) is 0 Å². The molecule has 0 aliphatic rings. The van der Waals surface area contributed by atoms with E-state index in [0.717, 1.165) is 15.9 Å². The number of nitrogens with one attached hydrogen (secondary N) is 1. The van der Waals surface area contributed by atoms with Crippen molar-refractivity contribution in [1.29, 1.82) is 5.41 Å². The third-order valence-corrected chi connectivity index (χ3v) is 3.40. The van der Waals surface area contributed by atoms with Crippen LogP contribution in [0.15, 0.2) is 16.7 Å². The highest BCUT2D eigenvalue weighted by Crippen LogP contribution is 2.20. The van der Waals surface area contributed by atoms with Crippen molar-refractivity contribution in [2.24, 2.45) is 5.73 Å². The number of aromatic nitrogens is 1. The molecule has 0 saturated carbocycles. The Morgan fingerprint density at radius 1 is 1.69 bits per heavy atom. The summed E-state index contributed by atoms with van der Waals surface area (Å²) in [7, 11) is 1.96. The van der Waals surface area contributed by atoms with Crippen LogP contribution in [-0.2, 0) is 0 Å². The SMILES string of the molecule is Cc1cc(N(C)C(C)CC(=N)N)ncc1Br. The first-order valence-corrected chi connectivity index (χ1v) is 5.89. The van der Waals surface area contributed by atoms with Gasteiger partial charge in [-0.3, -0.25) is 5.41 Å². The summed E-state index contributed by atoms with van der Waals surface area (Å²) in [5.74, 6) is 1.10. The van der Waals surface area contributed by atoms with Gasteiger partial charge in [0.25, 0.3) is 0 Å². The number of nitrogens with two attached hydrogens (primary N) is 1. The Balaban J connectivity index is 2.83. The topological polar surface area (TPSA) is 66.0 Å².